The minimum atomic E-state index is 0.496. The molecule has 0 aromatic carbocycles. The fourth-order valence-corrected chi connectivity index (χ4v) is 2.65. The van der Waals surface area contributed by atoms with E-state index in [4.69, 9.17) is 4.42 Å². The van der Waals surface area contributed by atoms with E-state index in [1.54, 1.807) is 0 Å². The van der Waals surface area contributed by atoms with Crippen LogP contribution in [0.4, 0.5) is 0 Å². The molecule has 0 spiro atoms. The van der Waals surface area contributed by atoms with Crippen LogP contribution in [0.2, 0.25) is 0 Å². The van der Waals surface area contributed by atoms with Crippen LogP contribution in [0.15, 0.2) is 10.6 Å². The highest BCUT2D eigenvalue weighted by atomic mass is 16.4. The Labute approximate surface area is 95.8 Å². The Morgan fingerprint density at radius 1 is 1.06 bits per heavy atom. The summed E-state index contributed by atoms with van der Waals surface area (Å²) in [4.78, 5) is 4.45. The van der Waals surface area contributed by atoms with Gasteiger partial charge in [0.1, 0.15) is 5.76 Å². The number of hydrogen-bond donors (Lipinski definition) is 2. The Balaban J connectivity index is 1.71. The summed E-state index contributed by atoms with van der Waals surface area (Å²) in [7, 11) is 0. The van der Waals surface area contributed by atoms with Gasteiger partial charge in [-0.2, -0.15) is 0 Å². The molecule has 16 heavy (non-hydrogen) atoms. The van der Waals surface area contributed by atoms with E-state index in [2.05, 4.69) is 15.6 Å². The molecule has 1 aromatic heterocycles. The molecule has 0 bridgehead atoms. The summed E-state index contributed by atoms with van der Waals surface area (Å²) in [6.07, 6.45) is 5.46. The summed E-state index contributed by atoms with van der Waals surface area (Å²) in [5, 5.41) is 6.72. The third-order valence-electron chi connectivity index (χ3n) is 3.69. The summed E-state index contributed by atoms with van der Waals surface area (Å²) in [6.45, 7) is 4.32. The average Bonchev–Trinajstić information content (AvgIpc) is 3.01. The van der Waals surface area contributed by atoms with Crippen LogP contribution in [0, 0.1) is 0 Å². The summed E-state index contributed by atoms with van der Waals surface area (Å²) in [6, 6.07) is 0. The van der Waals surface area contributed by atoms with Crippen LogP contribution in [-0.4, -0.2) is 31.2 Å². The maximum atomic E-state index is 5.93. The van der Waals surface area contributed by atoms with Gasteiger partial charge in [-0.1, -0.05) is 0 Å². The second kappa shape index (κ2) is 4.55. The number of piperidine rings is 1. The van der Waals surface area contributed by atoms with E-state index < -0.39 is 0 Å². The van der Waals surface area contributed by atoms with Gasteiger partial charge in [0, 0.05) is 18.4 Å². The molecular formula is C12H19N3O. The van der Waals surface area contributed by atoms with Crippen molar-refractivity contribution in [3.8, 4) is 0 Å². The molecule has 0 saturated carbocycles. The molecule has 4 heteroatoms. The van der Waals surface area contributed by atoms with Gasteiger partial charge in [0.15, 0.2) is 5.89 Å². The molecule has 4 nitrogen and oxygen atoms in total. The van der Waals surface area contributed by atoms with Crippen molar-refractivity contribution in [1.82, 2.24) is 15.6 Å². The fraction of sp³-hybridized carbons (Fsp3) is 0.750. The Kier molecular flexibility index (Phi) is 2.93. The first-order valence-corrected chi connectivity index (χ1v) is 6.30. The number of oxazole rings is 1. The van der Waals surface area contributed by atoms with E-state index in [1.807, 2.05) is 6.20 Å². The minimum Gasteiger partial charge on any atom is -0.445 e. The molecule has 2 N–H and O–H groups in total. The summed E-state index contributed by atoms with van der Waals surface area (Å²) in [5.41, 5.74) is 0. The predicted octanol–water partition coefficient (Wildman–Crippen LogP) is 1.22. The van der Waals surface area contributed by atoms with E-state index >= 15 is 0 Å². The number of rotatable bonds is 2. The second-order valence-electron chi connectivity index (χ2n) is 4.81. The largest absolute Gasteiger partial charge is 0.445 e. The zero-order valence-electron chi connectivity index (χ0n) is 9.54. The Bertz CT molecular complexity index is 338. The lowest BCUT2D eigenvalue weighted by Crippen LogP contribution is -2.26. The van der Waals surface area contributed by atoms with Gasteiger partial charge in [-0.15, -0.1) is 0 Å². The van der Waals surface area contributed by atoms with E-state index in [-0.39, 0.29) is 0 Å². The molecule has 1 atom stereocenters. The Morgan fingerprint density at radius 3 is 2.56 bits per heavy atom. The first-order valence-electron chi connectivity index (χ1n) is 6.30. The van der Waals surface area contributed by atoms with Crippen molar-refractivity contribution in [2.24, 2.45) is 0 Å². The quantitative estimate of drug-likeness (QED) is 0.788. The SMILES string of the molecule is c1nc(C2CCNC2)oc1C1CCNCC1. The lowest BCUT2D eigenvalue weighted by atomic mass is 9.96. The number of aromatic nitrogens is 1. The van der Waals surface area contributed by atoms with Crippen molar-refractivity contribution in [2.75, 3.05) is 26.2 Å². The molecule has 2 aliphatic heterocycles. The molecule has 1 aromatic rings. The first kappa shape index (κ1) is 10.3. The molecule has 3 heterocycles. The van der Waals surface area contributed by atoms with Gasteiger partial charge in [-0.25, -0.2) is 4.98 Å². The Hall–Kier alpha value is -0.870. The van der Waals surface area contributed by atoms with Gasteiger partial charge in [-0.05, 0) is 38.9 Å². The van der Waals surface area contributed by atoms with Crippen LogP contribution in [0.1, 0.15) is 42.7 Å². The van der Waals surface area contributed by atoms with Gasteiger partial charge in [-0.3, -0.25) is 0 Å². The zero-order valence-corrected chi connectivity index (χ0v) is 9.54. The van der Waals surface area contributed by atoms with Crippen LogP contribution >= 0.6 is 0 Å². The van der Waals surface area contributed by atoms with Crippen LogP contribution in [0.3, 0.4) is 0 Å². The zero-order chi connectivity index (χ0) is 10.8. The maximum Gasteiger partial charge on any atom is 0.198 e. The third-order valence-corrected chi connectivity index (χ3v) is 3.69. The van der Waals surface area contributed by atoms with Crippen LogP contribution in [0.5, 0.6) is 0 Å². The van der Waals surface area contributed by atoms with Crippen molar-refractivity contribution < 1.29 is 4.42 Å². The highest BCUT2D eigenvalue weighted by molar-refractivity contribution is 5.07. The van der Waals surface area contributed by atoms with Crippen LogP contribution in [0.25, 0.3) is 0 Å². The molecule has 88 valence electrons. The molecule has 0 radical (unpaired) electrons. The molecule has 2 aliphatic rings. The van der Waals surface area contributed by atoms with Crippen molar-refractivity contribution in [3.05, 3.63) is 17.8 Å². The summed E-state index contributed by atoms with van der Waals surface area (Å²) < 4.78 is 5.93. The van der Waals surface area contributed by atoms with Crippen molar-refractivity contribution in [3.63, 3.8) is 0 Å². The van der Waals surface area contributed by atoms with Crippen LogP contribution < -0.4 is 10.6 Å². The molecule has 3 rings (SSSR count). The van der Waals surface area contributed by atoms with E-state index in [1.165, 1.54) is 12.8 Å². The number of nitrogens with one attached hydrogen (secondary N) is 2. The lowest BCUT2D eigenvalue weighted by Gasteiger charge is -2.20. The summed E-state index contributed by atoms with van der Waals surface area (Å²) in [5.74, 6) is 3.12. The lowest BCUT2D eigenvalue weighted by molar-refractivity contribution is 0.359. The molecule has 0 aliphatic carbocycles. The van der Waals surface area contributed by atoms with E-state index in [0.29, 0.717) is 11.8 Å². The normalized spacial score (nSPS) is 27.4. The van der Waals surface area contributed by atoms with Crippen molar-refractivity contribution in [2.45, 2.75) is 31.1 Å². The van der Waals surface area contributed by atoms with Crippen molar-refractivity contribution in [1.29, 1.82) is 0 Å². The molecule has 1 unspecified atom stereocenters. The molecule has 0 amide bonds. The molecule has 2 fully saturated rings. The molecular weight excluding hydrogens is 202 g/mol. The topological polar surface area (TPSA) is 50.1 Å². The first-order chi connectivity index (χ1) is 7.93. The standard InChI is InChI=1S/C12H19N3O/c1-4-13-5-2-9(1)11-8-15-12(16-11)10-3-6-14-7-10/h8-10,13-14H,1-7H2. The van der Waals surface area contributed by atoms with E-state index in [9.17, 15) is 0 Å². The summed E-state index contributed by atoms with van der Waals surface area (Å²) >= 11 is 0. The Morgan fingerprint density at radius 2 is 1.81 bits per heavy atom. The maximum absolute atomic E-state index is 5.93. The van der Waals surface area contributed by atoms with Gasteiger partial charge in [0.2, 0.25) is 0 Å². The average molecular weight is 221 g/mol. The second-order valence-corrected chi connectivity index (χ2v) is 4.81. The van der Waals surface area contributed by atoms with Gasteiger partial charge >= 0.3 is 0 Å². The number of hydrogen-bond acceptors (Lipinski definition) is 4. The van der Waals surface area contributed by atoms with Gasteiger partial charge < -0.3 is 15.1 Å². The minimum absolute atomic E-state index is 0.496. The highest BCUT2D eigenvalue weighted by Crippen LogP contribution is 2.29. The fourth-order valence-electron chi connectivity index (χ4n) is 2.65. The van der Waals surface area contributed by atoms with Crippen LogP contribution in [-0.2, 0) is 0 Å². The third kappa shape index (κ3) is 1.99. The monoisotopic (exact) mass is 221 g/mol. The van der Waals surface area contributed by atoms with Gasteiger partial charge in [0.25, 0.3) is 0 Å². The van der Waals surface area contributed by atoms with Gasteiger partial charge in [0.05, 0.1) is 6.20 Å². The van der Waals surface area contributed by atoms with E-state index in [0.717, 1.165) is 44.3 Å². The molecule has 2 saturated heterocycles. The predicted molar refractivity (Wildman–Crippen MR) is 61.6 cm³/mol. The smallest absolute Gasteiger partial charge is 0.198 e. The highest BCUT2D eigenvalue weighted by Gasteiger charge is 2.24. The van der Waals surface area contributed by atoms with Crippen molar-refractivity contribution >= 4 is 0 Å². The number of nitrogens with zero attached hydrogens (tertiary/aromatic N) is 1.